The van der Waals surface area contributed by atoms with Gasteiger partial charge in [0, 0.05) is 5.69 Å². The van der Waals surface area contributed by atoms with Crippen LogP contribution in [0.5, 0.6) is 0 Å². The molecule has 3 aromatic carbocycles. The van der Waals surface area contributed by atoms with E-state index in [9.17, 15) is 9.59 Å². The number of rotatable bonds is 8. The topological polar surface area (TPSA) is 49.4 Å². The molecule has 1 heterocycles. The summed E-state index contributed by atoms with van der Waals surface area (Å²) in [6.45, 7) is 4.52. The molecule has 1 N–H and O–H groups in total. The van der Waals surface area contributed by atoms with Gasteiger partial charge in [-0.3, -0.25) is 9.59 Å². The van der Waals surface area contributed by atoms with Crippen molar-refractivity contribution in [2.45, 2.75) is 32.9 Å². The van der Waals surface area contributed by atoms with Gasteiger partial charge < -0.3 is 10.2 Å². The Morgan fingerprint density at radius 1 is 0.882 bits per heavy atom. The quantitative estimate of drug-likeness (QED) is 0.329. The number of benzene rings is 3. The van der Waals surface area contributed by atoms with Crippen molar-refractivity contribution in [3.8, 4) is 0 Å². The van der Waals surface area contributed by atoms with Gasteiger partial charge in [-0.05, 0) is 59.7 Å². The lowest BCUT2D eigenvalue weighted by molar-refractivity contribution is -0.121. The zero-order chi connectivity index (χ0) is 23.9. The third-order valence-electron chi connectivity index (χ3n) is 5.86. The van der Waals surface area contributed by atoms with Crippen molar-refractivity contribution in [3.63, 3.8) is 0 Å². The minimum Gasteiger partial charge on any atom is -0.349 e. The van der Waals surface area contributed by atoms with E-state index < -0.39 is 0 Å². The van der Waals surface area contributed by atoms with Crippen LogP contribution in [0.25, 0.3) is 0 Å². The molecule has 0 saturated heterocycles. The zero-order valence-corrected chi connectivity index (χ0v) is 20.2. The normalized spacial score (nSPS) is 11.6. The summed E-state index contributed by atoms with van der Waals surface area (Å²) in [6, 6.07) is 29.4. The Balaban J connectivity index is 1.49. The second kappa shape index (κ2) is 10.9. The molecule has 0 aliphatic carbocycles. The van der Waals surface area contributed by atoms with Crippen LogP contribution < -0.4 is 10.2 Å². The average molecular weight is 469 g/mol. The number of hydrogen-bond acceptors (Lipinski definition) is 3. The molecular weight excluding hydrogens is 440 g/mol. The Bertz CT molecular complexity index is 1230. The molecule has 172 valence electrons. The first kappa shape index (κ1) is 23.5. The van der Waals surface area contributed by atoms with Gasteiger partial charge in [-0.25, -0.2) is 0 Å². The van der Waals surface area contributed by atoms with Crippen LogP contribution in [0.15, 0.2) is 96.4 Å². The van der Waals surface area contributed by atoms with Gasteiger partial charge >= 0.3 is 0 Å². The highest BCUT2D eigenvalue weighted by atomic mass is 32.1. The second-order valence-electron chi connectivity index (χ2n) is 8.34. The molecule has 1 unspecified atom stereocenters. The second-order valence-corrected chi connectivity index (χ2v) is 9.29. The highest BCUT2D eigenvalue weighted by Gasteiger charge is 2.20. The Morgan fingerprint density at radius 2 is 1.59 bits per heavy atom. The van der Waals surface area contributed by atoms with E-state index in [1.807, 2.05) is 91.2 Å². The van der Waals surface area contributed by atoms with E-state index in [1.54, 1.807) is 4.90 Å². The highest BCUT2D eigenvalue weighted by Crippen LogP contribution is 2.24. The fourth-order valence-corrected chi connectivity index (χ4v) is 4.54. The third kappa shape index (κ3) is 5.80. The molecule has 4 aromatic rings. The van der Waals surface area contributed by atoms with Crippen molar-refractivity contribution in [2.24, 2.45) is 0 Å². The molecule has 2 amide bonds. The van der Waals surface area contributed by atoms with Gasteiger partial charge in [0.25, 0.3) is 5.91 Å². The van der Waals surface area contributed by atoms with E-state index in [4.69, 9.17) is 0 Å². The van der Waals surface area contributed by atoms with Crippen LogP contribution in [0.4, 0.5) is 5.69 Å². The molecule has 0 saturated carbocycles. The highest BCUT2D eigenvalue weighted by molar-refractivity contribution is 7.12. The van der Waals surface area contributed by atoms with Crippen LogP contribution in [0, 0.1) is 6.92 Å². The van der Waals surface area contributed by atoms with E-state index in [1.165, 1.54) is 11.3 Å². The molecule has 1 aromatic heterocycles. The molecule has 0 bridgehead atoms. The summed E-state index contributed by atoms with van der Waals surface area (Å²) < 4.78 is 0. The number of carbonyl (C=O) groups is 2. The number of thiophene rings is 1. The monoisotopic (exact) mass is 468 g/mol. The summed E-state index contributed by atoms with van der Waals surface area (Å²) in [5.74, 6) is -0.0593. The first-order valence-electron chi connectivity index (χ1n) is 11.3. The molecular formula is C29H28N2O2S. The maximum atomic E-state index is 13.3. The van der Waals surface area contributed by atoms with Crippen molar-refractivity contribution in [1.29, 1.82) is 0 Å². The Morgan fingerprint density at radius 3 is 2.26 bits per heavy atom. The average Bonchev–Trinajstić information content (AvgIpc) is 3.39. The zero-order valence-electron chi connectivity index (χ0n) is 19.4. The predicted octanol–water partition coefficient (Wildman–Crippen LogP) is 6.32. The molecule has 4 nitrogen and oxygen atoms in total. The number of hydrogen-bond donors (Lipinski definition) is 1. The summed E-state index contributed by atoms with van der Waals surface area (Å²) in [7, 11) is 0. The standard InChI is InChI=1S/C29H28N2O2S/c1-21-9-6-7-12-25(21)20-31(29(33)27-13-8-18-34-27)26-16-14-23(15-17-26)19-28(32)30-22(2)24-10-4-3-5-11-24/h3-18,22H,19-20H2,1-2H3,(H,30,32). The Hall–Kier alpha value is -3.70. The minimum absolute atomic E-state index is 0.0274. The number of carbonyl (C=O) groups excluding carboxylic acids is 2. The summed E-state index contributed by atoms with van der Waals surface area (Å²) in [5, 5.41) is 4.97. The first-order valence-corrected chi connectivity index (χ1v) is 12.2. The van der Waals surface area contributed by atoms with E-state index >= 15 is 0 Å². The number of anilines is 1. The van der Waals surface area contributed by atoms with Crippen molar-refractivity contribution in [3.05, 3.63) is 124 Å². The number of amides is 2. The molecule has 0 radical (unpaired) electrons. The first-order chi connectivity index (χ1) is 16.5. The van der Waals surface area contributed by atoms with E-state index in [-0.39, 0.29) is 24.3 Å². The van der Waals surface area contributed by atoms with Gasteiger partial charge in [0.2, 0.25) is 5.91 Å². The van der Waals surface area contributed by atoms with E-state index in [0.29, 0.717) is 11.4 Å². The van der Waals surface area contributed by atoms with Crippen LogP contribution in [0.2, 0.25) is 0 Å². The van der Waals surface area contributed by atoms with Crippen molar-refractivity contribution in [1.82, 2.24) is 5.32 Å². The molecule has 4 rings (SSSR count). The number of nitrogens with one attached hydrogen (secondary N) is 1. The van der Waals surface area contributed by atoms with Crippen LogP contribution in [-0.2, 0) is 17.8 Å². The van der Waals surface area contributed by atoms with Gasteiger partial charge in [0.05, 0.1) is 23.9 Å². The van der Waals surface area contributed by atoms with Crippen LogP contribution >= 0.6 is 11.3 Å². The molecule has 5 heteroatoms. The summed E-state index contributed by atoms with van der Waals surface area (Å²) in [5.41, 5.74) is 5.03. The minimum atomic E-state index is -0.0546. The van der Waals surface area contributed by atoms with Crippen molar-refractivity contribution >= 4 is 28.8 Å². The third-order valence-corrected chi connectivity index (χ3v) is 6.71. The number of aryl methyl sites for hydroxylation is 1. The van der Waals surface area contributed by atoms with Crippen LogP contribution in [0.3, 0.4) is 0 Å². The van der Waals surface area contributed by atoms with E-state index in [0.717, 1.165) is 27.9 Å². The summed E-state index contributed by atoms with van der Waals surface area (Å²) in [6.07, 6.45) is 0.286. The molecule has 1 atom stereocenters. The summed E-state index contributed by atoms with van der Waals surface area (Å²) in [4.78, 5) is 28.4. The predicted molar refractivity (Wildman–Crippen MR) is 139 cm³/mol. The lowest BCUT2D eigenvalue weighted by Crippen LogP contribution is -2.30. The van der Waals surface area contributed by atoms with Gasteiger partial charge in [-0.15, -0.1) is 11.3 Å². The van der Waals surface area contributed by atoms with Gasteiger partial charge in [0.1, 0.15) is 0 Å². The largest absolute Gasteiger partial charge is 0.349 e. The number of nitrogens with zero attached hydrogens (tertiary/aromatic N) is 1. The summed E-state index contributed by atoms with van der Waals surface area (Å²) >= 11 is 1.44. The molecule has 0 fully saturated rings. The Kier molecular flexibility index (Phi) is 7.55. The molecule has 0 aliphatic heterocycles. The SMILES string of the molecule is Cc1ccccc1CN(C(=O)c1cccs1)c1ccc(CC(=O)NC(C)c2ccccc2)cc1. The van der Waals surface area contributed by atoms with E-state index in [2.05, 4.69) is 24.4 Å². The fraction of sp³-hybridized carbons (Fsp3) is 0.172. The molecule has 0 spiro atoms. The lowest BCUT2D eigenvalue weighted by Gasteiger charge is -2.24. The maximum Gasteiger partial charge on any atom is 0.268 e. The maximum absolute atomic E-state index is 13.3. The Labute approximate surface area is 204 Å². The van der Waals surface area contributed by atoms with Crippen molar-refractivity contribution < 1.29 is 9.59 Å². The fourth-order valence-electron chi connectivity index (χ4n) is 3.87. The van der Waals surface area contributed by atoms with Crippen LogP contribution in [0.1, 0.15) is 44.9 Å². The molecule has 34 heavy (non-hydrogen) atoms. The van der Waals surface area contributed by atoms with Crippen molar-refractivity contribution in [2.75, 3.05) is 4.90 Å². The smallest absolute Gasteiger partial charge is 0.268 e. The lowest BCUT2D eigenvalue weighted by atomic mass is 10.1. The van der Waals surface area contributed by atoms with Gasteiger partial charge in [0.15, 0.2) is 0 Å². The van der Waals surface area contributed by atoms with Gasteiger partial charge in [-0.2, -0.15) is 0 Å². The van der Waals surface area contributed by atoms with Gasteiger partial charge in [-0.1, -0.05) is 72.8 Å². The van der Waals surface area contributed by atoms with Crippen LogP contribution in [-0.4, -0.2) is 11.8 Å². The molecule has 0 aliphatic rings.